The first-order valence-electron chi connectivity index (χ1n) is 22.6. The Bertz CT molecular complexity index is 2310. The van der Waals surface area contributed by atoms with Crippen LogP contribution >= 0.6 is 35.1 Å². The van der Waals surface area contributed by atoms with Gasteiger partial charge in [-0.3, -0.25) is 32.7 Å². The summed E-state index contributed by atoms with van der Waals surface area (Å²) in [6.07, 6.45) is 11.5. The maximum atomic E-state index is 14.9. The summed E-state index contributed by atoms with van der Waals surface area (Å²) in [5, 5.41) is -0.403. The molecule has 0 aliphatic carbocycles. The van der Waals surface area contributed by atoms with E-state index in [1.165, 1.54) is 113 Å². The standard InChI is InChI=1S/C43H61ClFN2O18P3.2H3N/c1-3-5-6-7-8-9-10-11-12-13-14-15-16-17-26-57-43(51)62-35-24-20-33(21-25-35)30-60-68(56,59-29-32-18-22-34(23-19-32)61-40(48)4-2)65-67(54,55)64-66(52,53)58-31-38-37(45)27-39(63-38)47-28-36(44)41(49)46-42(47)50;;/h18-25,28,37-39H,3-17,26-27,29-31H2,1-2H3,(H,52,53)(H,54,55)(H,46,49,50);2*1H3/t37-,38+,39+,68?;;/m0../s1. The van der Waals surface area contributed by atoms with Crippen LogP contribution in [-0.2, 0) is 63.4 Å². The van der Waals surface area contributed by atoms with Crippen LogP contribution in [0.1, 0.15) is 134 Å². The second kappa shape index (κ2) is 31.7. The molecule has 2 heterocycles. The van der Waals surface area contributed by atoms with Crippen LogP contribution in [0.3, 0.4) is 0 Å². The molecule has 9 N–H and O–H groups in total. The van der Waals surface area contributed by atoms with E-state index >= 15 is 0 Å². The Morgan fingerprint density at radius 3 is 1.76 bits per heavy atom. The zero-order valence-corrected chi connectivity index (χ0v) is 42.9. The SMILES string of the molecule is CCCCCCCCCCCCCCCCOC(=O)Oc1ccc(COP(=O)(OCc2ccc(OC(=O)CC)cc2)OP(=O)(O)OP(=O)(O)OC[C@H]2O[C@@H](n3cc(Cl)c(=O)[nH]c3=O)C[C@@H]2F)cc1.N.N. The predicted molar refractivity (Wildman–Crippen MR) is 256 cm³/mol. The molecule has 0 radical (unpaired) electrons. The fraction of sp³-hybridized carbons (Fsp3) is 0.581. The van der Waals surface area contributed by atoms with Gasteiger partial charge in [0.2, 0.25) is 0 Å². The van der Waals surface area contributed by atoms with E-state index in [0.717, 1.165) is 30.0 Å². The zero-order chi connectivity index (χ0) is 49.6. The summed E-state index contributed by atoms with van der Waals surface area (Å²) in [5.74, 6) is -0.222. The predicted octanol–water partition coefficient (Wildman–Crippen LogP) is 11.2. The summed E-state index contributed by atoms with van der Waals surface area (Å²) in [7, 11) is -16.8. The number of carbonyl (C=O) groups is 2. The first-order chi connectivity index (χ1) is 32.4. The second-order valence-corrected chi connectivity index (χ2v) is 21.1. The number of nitrogens with zero attached hydrogens (tertiary/aromatic N) is 1. The van der Waals surface area contributed by atoms with Crippen molar-refractivity contribution in [2.75, 3.05) is 13.2 Å². The maximum absolute atomic E-state index is 14.9. The third kappa shape index (κ3) is 23.3. The topological polar surface area (TPSA) is 334 Å². The number of carbonyl (C=O) groups excluding carboxylic acids is 2. The summed E-state index contributed by atoms with van der Waals surface area (Å²) in [6, 6.07) is 11.2. The number of hydrogen-bond donors (Lipinski definition) is 5. The number of ether oxygens (including phenoxy) is 4. The van der Waals surface area contributed by atoms with Gasteiger partial charge in [0.05, 0.1) is 26.4 Å². The molecule has 0 saturated carbocycles. The number of aromatic nitrogens is 2. The number of aromatic amines is 1. The molecule has 6 atom stereocenters. The van der Waals surface area contributed by atoms with E-state index in [2.05, 4.69) is 11.2 Å². The van der Waals surface area contributed by atoms with E-state index in [1.807, 2.05) is 4.98 Å². The molecule has 1 aromatic heterocycles. The summed E-state index contributed by atoms with van der Waals surface area (Å²) in [5.41, 5.74) is -1.34. The van der Waals surface area contributed by atoms with Crippen molar-refractivity contribution >= 4 is 47.2 Å². The Labute approximate surface area is 411 Å². The van der Waals surface area contributed by atoms with E-state index in [0.29, 0.717) is 6.42 Å². The van der Waals surface area contributed by atoms with Crippen molar-refractivity contribution < 1.29 is 78.6 Å². The van der Waals surface area contributed by atoms with E-state index < -0.39 is 96.6 Å². The van der Waals surface area contributed by atoms with Crippen molar-refractivity contribution in [2.24, 2.45) is 0 Å². The minimum absolute atomic E-state index is 0. The molecular weight excluding hydrogens is 1010 g/mol. The van der Waals surface area contributed by atoms with Crippen LogP contribution in [0.15, 0.2) is 64.3 Å². The van der Waals surface area contributed by atoms with Gasteiger partial charge in [-0.05, 0) is 41.8 Å². The highest BCUT2D eigenvalue weighted by atomic mass is 35.5. The number of esters is 1. The molecule has 2 aromatic carbocycles. The minimum Gasteiger partial charge on any atom is -0.434 e. The van der Waals surface area contributed by atoms with Crippen LogP contribution in [0.5, 0.6) is 11.5 Å². The largest absolute Gasteiger partial charge is 0.513 e. The minimum atomic E-state index is -5.92. The molecule has 4 rings (SSSR count). The third-order valence-corrected chi connectivity index (χ3v) is 15.2. The van der Waals surface area contributed by atoms with Crippen molar-refractivity contribution in [3.63, 3.8) is 0 Å². The third-order valence-electron chi connectivity index (χ3n) is 10.3. The van der Waals surface area contributed by atoms with Crippen LogP contribution in [0.2, 0.25) is 5.02 Å². The van der Waals surface area contributed by atoms with Gasteiger partial charge in [0.1, 0.15) is 35.0 Å². The lowest BCUT2D eigenvalue weighted by Gasteiger charge is -2.22. The number of alkyl halides is 1. The van der Waals surface area contributed by atoms with E-state index in [-0.39, 0.29) is 48.0 Å². The Morgan fingerprint density at radius 2 is 1.24 bits per heavy atom. The number of H-pyrrole nitrogens is 1. The van der Waals surface area contributed by atoms with Crippen molar-refractivity contribution in [3.8, 4) is 11.5 Å². The Kier molecular flexibility index (Phi) is 28.3. The molecule has 3 unspecified atom stereocenters. The van der Waals surface area contributed by atoms with Gasteiger partial charge in [-0.15, -0.1) is 0 Å². The summed E-state index contributed by atoms with van der Waals surface area (Å²) in [6.45, 7) is 1.72. The summed E-state index contributed by atoms with van der Waals surface area (Å²) >= 11 is 5.76. The monoisotopic (exact) mass is 1070 g/mol. The molecule has 1 aliphatic rings. The van der Waals surface area contributed by atoms with Gasteiger partial charge in [0, 0.05) is 19.0 Å². The van der Waals surface area contributed by atoms with Crippen molar-refractivity contribution in [2.45, 2.75) is 148 Å². The van der Waals surface area contributed by atoms with Crippen molar-refractivity contribution in [1.29, 1.82) is 0 Å². The zero-order valence-electron chi connectivity index (χ0n) is 39.5. The van der Waals surface area contributed by atoms with Crippen LogP contribution in [0.4, 0.5) is 9.18 Å². The molecule has 70 heavy (non-hydrogen) atoms. The molecular formula is C43H67ClFN4O18P3. The average Bonchev–Trinajstić information content (AvgIpc) is 3.66. The van der Waals surface area contributed by atoms with Crippen LogP contribution in [-0.4, -0.2) is 57.0 Å². The fourth-order valence-corrected chi connectivity index (χ4v) is 10.8. The van der Waals surface area contributed by atoms with Crippen LogP contribution in [0, 0.1) is 0 Å². The number of hydrogen-bond acceptors (Lipinski definition) is 18. The van der Waals surface area contributed by atoms with Crippen LogP contribution < -0.4 is 33.0 Å². The Balaban J connectivity index is 0.00000840. The highest BCUT2D eigenvalue weighted by molar-refractivity contribution is 7.67. The number of phosphoric acid groups is 3. The number of benzene rings is 2. The number of unbranched alkanes of at least 4 members (excludes halogenated alkanes) is 13. The number of rotatable bonds is 32. The van der Waals surface area contributed by atoms with Crippen molar-refractivity contribution in [1.82, 2.24) is 21.9 Å². The average molecular weight is 1080 g/mol. The lowest BCUT2D eigenvalue weighted by atomic mass is 10.0. The van der Waals surface area contributed by atoms with Gasteiger partial charge in [0.25, 0.3) is 5.56 Å². The molecule has 1 aliphatic heterocycles. The molecule has 22 nitrogen and oxygen atoms in total. The highest BCUT2D eigenvalue weighted by Crippen LogP contribution is 2.69. The fourth-order valence-electron chi connectivity index (χ4n) is 6.63. The molecule has 0 bridgehead atoms. The molecule has 27 heteroatoms. The summed E-state index contributed by atoms with van der Waals surface area (Å²) in [4.78, 5) is 70.5. The molecule has 1 saturated heterocycles. The molecule has 3 aromatic rings. The van der Waals surface area contributed by atoms with E-state index in [9.17, 15) is 47.1 Å². The Morgan fingerprint density at radius 1 is 0.743 bits per heavy atom. The lowest BCUT2D eigenvalue weighted by molar-refractivity contribution is -0.134. The number of halogens is 2. The maximum Gasteiger partial charge on any atom is 0.513 e. The number of phosphoric ester groups is 2. The molecule has 0 spiro atoms. The Hall–Kier alpha value is -3.63. The highest BCUT2D eigenvalue weighted by Gasteiger charge is 2.45. The van der Waals surface area contributed by atoms with E-state index in [1.54, 1.807) is 6.92 Å². The smallest absolute Gasteiger partial charge is 0.434 e. The number of nitrogens with one attached hydrogen (secondary N) is 1. The van der Waals surface area contributed by atoms with Gasteiger partial charge >= 0.3 is 41.3 Å². The molecule has 0 amide bonds. The summed E-state index contributed by atoms with van der Waals surface area (Å²) < 4.78 is 101. The van der Waals surface area contributed by atoms with Gasteiger partial charge < -0.3 is 41.0 Å². The normalized spacial score (nSPS) is 18.1. The molecule has 396 valence electrons. The lowest BCUT2D eigenvalue weighted by Crippen LogP contribution is -2.32. The quantitative estimate of drug-likeness (QED) is 0.0127. The van der Waals surface area contributed by atoms with E-state index in [4.69, 9.17) is 48.4 Å². The second-order valence-electron chi connectivity index (χ2n) is 15.8. The van der Waals surface area contributed by atoms with Crippen molar-refractivity contribution in [3.05, 3.63) is 91.7 Å². The molecule has 1 fully saturated rings. The van der Waals surface area contributed by atoms with Crippen LogP contribution in [0.25, 0.3) is 0 Å². The first-order valence-corrected chi connectivity index (χ1v) is 27.4. The van der Waals surface area contributed by atoms with Gasteiger partial charge in [-0.25, -0.2) is 27.7 Å². The van der Waals surface area contributed by atoms with Gasteiger partial charge in [-0.2, -0.15) is 8.62 Å². The van der Waals surface area contributed by atoms with Gasteiger partial charge in [0.15, 0.2) is 0 Å². The first kappa shape index (κ1) is 62.5. The van der Waals surface area contributed by atoms with Gasteiger partial charge in [-0.1, -0.05) is 133 Å².